The summed E-state index contributed by atoms with van der Waals surface area (Å²) < 4.78 is 29.1. The van der Waals surface area contributed by atoms with Gasteiger partial charge in [-0.05, 0) is 87.6 Å². The van der Waals surface area contributed by atoms with Gasteiger partial charge in [0.25, 0.3) is 10.0 Å². The van der Waals surface area contributed by atoms with Crippen molar-refractivity contribution in [3.05, 3.63) is 94.5 Å². The Kier molecular flexibility index (Phi) is 10.5. The van der Waals surface area contributed by atoms with E-state index in [2.05, 4.69) is 5.32 Å². The summed E-state index contributed by atoms with van der Waals surface area (Å²) in [4.78, 5) is 28.7. The van der Waals surface area contributed by atoms with Crippen LogP contribution in [0.25, 0.3) is 0 Å². The minimum atomic E-state index is -4.09. The SMILES string of the molecule is CCCCNC(=O)[C@@H](C)N(Cc1ccccc1C)C(=O)CN(c1cc(C)cc(C)c1)S(=O)(=O)c1ccc(C)cc1. The fourth-order valence-corrected chi connectivity index (χ4v) is 5.95. The van der Waals surface area contributed by atoms with Crippen LogP contribution in [0.2, 0.25) is 0 Å². The quantitative estimate of drug-likeness (QED) is 0.297. The molecule has 0 radical (unpaired) electrons. The number of benzene rings is 3. The van der Waals surface area contributed by atoms with Crippen LogP contribution in [0, 0.1) is 27.7 Å². The van der Waals surface area contributed by atoms with Crippen LogP contribution in [-0.2, 0) is 26.2 Å². The minimum Gasteiger partial charge on any atom is -0.354 e. The number of nitrogens with one attached hydrogen (secondary N) is 1. The molecule has 3 aromatic carbocycles. The van der Waals surface area contributed by atoms with Gasteiger partial charge in [0.2, 0.25) is 11.8 Å². The molecule has 3 aromatic rings. The van der Waals surface area contributed by atoms with E-state index in [9.17, 15) is 18.0 Å². The van der Waals surface area contributed by atoms with Crippen LogP contribution in [0.5, 0.6) is 0 Å². The second-order valence-corrected chi connectivity index (χ2v) is 12.3. The highest BCUT2D eigenvalue weighted by atomic mass is 32.2. The van der Waals surface area contributed by atoms with Crippen LogP contribution in [0.3, 0.4) is 0 Å². The number of hydrogen-bond donors (Lipinski definition) is 1. The van der Waals surface area contributed by atoms with Gasteiger partial charge in [-0.3, -0.25) is 13.9 Å². The summed E-state index contributed by atoms with van der Waals surface area (Å²) in [5.41, 5.74) is 4.97. The minimum absolute atomic E-state index is 0.0980. The molecule has 214 valence electrons. The van der Waals surface area contributed by atoms with Crippen LogP contribution >= 0.6 is 0 Å². The maximum Gasteiger partial charge on any atom is 0.264 e. The Balaban J connectivity index is 2.04. The molecule has 0 heterocycles. The summed E-state index contributed by atoms with van der Waals surface area (Å²) in [6.07, 6.45) is 1.77. The molecule has 2 amide bonds. The van der Waals surface area contributed by atoms with E-state index in [0.29, 0.717) is 12.2 Å². The monoisotopic (exact) mass is 563 g/mol. The molecule has 0 aliphatic heterocycles. The third-order valence-corrected chi connectivity index (χ3v) is 8.77. The van der Waals surface area contributed by atoms with E-state index in [1.165, 1.54) is 4.90 Å². The van der Waals surface area contributed by atoms with Crippen molar-refractivity contribution in [1.82, 2.24) is 10.2 Å². The first-order chi connectivity index (χ1) is 18.9. The number of aryl methyl sites for hydroxylation is 4. The number of amides is 2. The average Bonchev–Trinajstić information content (AvgIpc) is 2.90. The lowest BCUT2D eigenvalue weighted by atomic mass is 10.1. The first kappa shape index (κ1) is 30.9. The van der Waals surface area contributed by atoms with Crippen molar-refractivity contribution in [3.63, 3.8) is 0 Å². The van der Waals surface area contributed by atoms with Crippen molar-refractivity contribution in [2.75, 3.05) is 17.4 Å². The summed E-state index contributed by atoms with van der Waals surface area (Å²) in [5.74, 6) is -0.731. The normalized spacial score (nSPS) is 12.1. The van der Waals surface area contributed by atoms with E-state index in [4.69, 9.17) is 0 Å². The fraction of sp³-hybridized carbons (Fsp3) is 0.375. The van der Waals surface area contributed by atoms with Gasteiger partial charge in [0.1, 0.15) is 12.6 Å². The number of hydrogen-bond acceptors (Lipinski definition) is 4. The zero-order chi connectivity index (χ0) is 29.4. The van der Waals surface area contributed by atoms with E-state index in [1.807, 2.05) is 65.0 Å². The molecule has 3 rings (SSSR count). The number of sulfonamides is 1. The second kappa shape index (κ2) is 13.6. The van der Waals surface area contributed by atoms with E-state index in [1.54, 1.807) is 43.3 Å². The second-order valence-electron chi connectivity index (χ2n) is 10.4. The van der Waals surface area contributed by atoms with E-state index in [-0.39, 0.29) is 17.3 Å². The molecule has 0 bridgehead atoms. The van der Waals surface area contributed by atoms with Crippen LogP contribution in [0.4, 0.5) is 5.69 Å². The fourth-order valence-electron chi connectivity index (χ4n) is 4.55. The summed E-state index contributed by atoms with van der Waals surface area (Å²) in [7, 11) is -4.09. The molecular weight excluding hydrogens is 522 g/mol. The molecule has 7 nitrogen and oxygen atoms in total. The Bertz CT molecular complexity index is 1410. The van der Waals surface area contributed by atoms with Crippen LogP contribution in [0.1, 0.15) is 54.5 Å². The Morgan fingerprint density at radius 1 is 0.875 bits per heavy atom. The molecule has 1 N–H and O–H groups in total. The number of carbonyl (C=O) groups excluding carboxylic acids is 2. The topological polar surface area (TPSA) is 86.8 Å². The molecule has 0 aliphatic rings. The molecule has 1 atom stereocenters. The van der Waals surface area contributed by atoms with E-state index >= 15 is 0 Å². The van der Waals surface area contributed by atoms with E-state index < -0.39 is 28.5 Å². The van der Waals surface area contributed by atoms with Crippen LogP contribution < -0.4 is 9.62 Å². The lowest BCUT2D eigenvalue weighted by Crippen LogP contribution is -2.51. The molecule has 0 fully saturated rings. The predicted octanol–water partition coefficient (Wildman–Crippen LogP) is 5.45. The molecule has 0 spiro atoms. The molecule has 40 heavy (non-hydrogen) atoms. The van der Waals surface area contributed by atoms with Crippen molar-refractivity contribution in [2.24, 2.45) is 0 Å². The molecule has 0 saturated heterocycles. The molecule has 0 aromatic heterocycles. The van der Waals surface area contributed by atoms with Gasteiger partial charge in [0.15, 0.2) is 0 Å². The van der Waals surface area contributed by atoms with Gasteiger partial charge in [-0.25, -0.2) is 8.42 Å². The number of carbonyl (C=O) groups is 2. The van der Waals surface area contributed by atoms with Gasteiger partial charge in [-0.1, -0.05) is 61.4 Å². The van der Waals surface area contributed by atoms with Gasteiger partial charge in [0.05, 0.1) is 10.6 Å². The molecule has 0 aliphatic carbocycles. The predicted molar refractivity (Wildman–Crippen MR) is 161 cm³/mol. The number of unbranched alkanes of at least 4 members (excludes halogenated alkanes) is 1. The van der Waals surface area contributed by atoms with E-state index in [0.717, 1.165) is 45.0 Å². The third-order valence-electron chi connectivity index (χ3n) is 6.98. The maximum absolute atomic E-state index is 14.1. The van der Waals surface area contributed by atoms with Gasteiger partial charge in [0, 0.05) is 13.1 Å². The van der Waals surface area contributed by atoms with Crippen molar-refractivity contribution in [2.45, 2.75) is 71.9 Å². The van der Waals surface area contributed by atoms with Crippen molar-refractivity contribution in [3.8, 4) is 0 Å². The zero-order valence-corrected chi connectivity index (χ0v) is 25.2. The smallest absolute Gasteiger partial charge is 0.264 e. The summed E-state index contributed by atoms with van der Waals surface area (Å²) in [6.45, 7) is 11.6. The Hall–Kier alpha value is -3.65. The average molecular weight is 564 g/mol. The maximum atomic E-state index is 14.1. The molecule has 8 heteroatoms. The highest BCUT2D eigenvalue weighted by molar-refractivity contribution is 7.92. The highest BCUT2D eigenvalue weighted by Crippen LogP contribution is 2.27. The Labute approximate surface area is 239 Å². The van der Waals surface area contributed by atoms with Crippen molar-refractivity contribution in [1.29, 1.82) is 0 Å². The Morgan fingerprint density at radius 2 is 1.50 bits per heavy atom. The largest absolute Gasteiger partial charge is 0.354 e. The third kappa shape index (κ3) is 7.72. The standard InChI is InChI=1S/C32H41N3O4S/c1-7-8-17-33-32(37)27(6)34(21-28-12-10-9-11-26(28)5)31(36)22-35(29-19-24(3)18-25(4)20-29)40(38,39)30-15-13-23(2)14-16-30/h9-16,18-20,27H,7-8,17,21-22H2,1-6H3,(H,33,37)/t27-/m1/s1. The first-order valence-corrected chi connectivity index (χ1v) is 15.2. The molecular formula is C32H41N3O4S. The number of anilines is 1. The van der Waals surface area contributed by atoms with Gasteiger partial charge >= 0.3 is 0 Å². The first-order valence-electron chi connectivity index (χ1n) is 13.7. The van der Waals surface area contributed by atoms with Crippen LogP contribution in [-0.4, -0.2) is 44.3 Å². The zero-order valence-electron chi connectivity index (χ0n) is 24.4. The van der Waals surface area contributed by atoms with Crippen molar-refractivity contribution >= 4 is 27.5 Å². The lowest BCUT2D eigenvalue weighted by Gasteiger charge is -2.32. The van der Waals surface area contributed by atoms with Gasteiger partial charge < -0.3 is 10.2 Å². The summed E-state index contributed by atoms with van der Waals surface area (Å²) >= 11 is 0. The Morgan fingerprint density at radius 3 is 2.10 bits per heavy atom. The number of rotatable bonds is 12. The summed E-state index contributed by atoms with van der Waals surface area (Å²) in [5, 5.41) is 2.92. The number of nitrogens with zero attached hydrogens (tertiary/aromatic N) is 2. The lowest BCUT2D eigenvalue weighted by molar-refractivity contribution is -0.139. The van der Waals surface area contributed by atoms with Crippen LogP contribution in [0.15, 0.2) is 71.6 Å². The van der Waals surface area contributed by atoms with Gasteiger partial charge in [-0.15, -0.1) is 0 Å². The molecule has 0 saturated carbocycles. The molecule has 0 unspecified atom stereocenters. The van der Waals surface area contributed by atoms with Gasteiger partial charge in [-0.2, -0.15) is 0 Å². The van der Waals surface area contributed by atoms with Crippen molar-refractivity contribution < 1.29 is 18.0 Å². The summed E-state index contributed by atoms with van der Waals surface area (Å²) in [6, 6.07) is 18.9. The highest BCUT2D eigenvalue weighted by Gasteiger charge is 2.32.